The number of amides is 2. The van der Waals surface area contributed by atoms with Gasteiger partial charge < -0.3 is 20.2 Å². The molecule has 0 aromatic heterocycles. The van der Waals surface area contributed by atoms with Crippen molar-refractivity contribution in [2.75, 3.05) is 32.1 Å². The van der Waals surface area contributed by atoms with Gasteiger partial charge in [0.2, 0.25) is 11.8 Å². The topological polar surface area (TPSA) is 107 Å². The van der Waals surface area contributed by atoms with Crippen molar-refractivity contribution in [2.24, 2.45) is 0 Å². The van der Waals surface area contributed by atoms with Crippen LogP contribution in [0.25, 0.3) is 0 Å². The Bertz CT molecular complexity index is 737. The van der Waals surface area contributed by atoms with Crippen LogP contribution in [0.3, 0.4) is 0 Å². The van der Waals surface area contributed by atoms with E-state index in [1.54, 1.807) is 26.2 Å². The lowest BCUT2D eigenvalue weighted by atomic mass is 10.2. The van der Waals surface area contributed by atoms with Crippen LogP contribution in [0.15, 0.2) is 24.3 Å². The number of carboxylic acid groups (broad SMARTS) is 1. The second kappa shape index (κ2) is 9.01. The summed E-state index contributed by atoms with van der Waals surface area (Å²) in [5, 5.41) is 12.1. The summed E-state index contributed by atoms with van der Waals surface area (Å²) in [6, 6.07) is 5.54. The largest absolute Gasteiger partial charge is 0.478 e. The molecule has 2 rings (SSSR count). The minimum Gasteiger partial charge on any atom is -0.478 e. The van der Waals surface area contributed by atoms with Crippen molar-refractivity contribution < 1.29 is 24.3 Å². The first-order valence-corrected chi connectivity index (χ1v) is 9.32. The highest BCUT2D eigenvalue weighted by Gasteiger charge is 2.33. The molecule has 1 aromatic carbocycles. The molecule has 9 heteroatoms. The van der Waals surface area contributed by atoms with Crippen LogP contribution in [0, 0.1) is 0 Å². The van der Waals surface area contributed by atoms with Crippen LogP contribution in [0.2, 0.25) is 0 Å². The fourth-order valence-electron chi connectivity index (χ4n) is 2.84. The smallest absolute Gasteiger partial charge is 0.335 e. The number of carbonyl (C=O) groups is 4. The summed E-state index contributed by atoms with van der Waals surface area (Å²) < 4.78 is 0. The lowest BCUT2D eigenvalue weighted by molar-refractivity contribution is -0.135. The van der Waals surface area contributed by atoms with Crippen molar-refractivity contribution in [2.45, 2.75) is 24.6 Å². The van der Waals surface area contributed by atoms with Gasteiger partial charge in [-0.05, 0) is 30.7 Å². The molecule has 0 spiro atoms. The van der Waals surface area contributed by atoms with Gasteiger partial charge in [-0.2, -0.15) is 0 Å². The Hall–Kier alpha value is -2.39. The van der Waals surface area contributed by atoms with E-state index >= 15 is 0 Å². The highest BCUT2D eigenvalue weighted by molar-refractivity contribution is 8.14. The van der Waals surface area contributed by atoms with E-state index in [1.165, 1.54) is 40.6 Å². The Morgan fingerprint density at radius 3 is 2.37 bits per heavy atom. The van der Waals surface area contributed by atoms with Gasteiger partial charge in [0.25, 0.3) is 0 Å². The molecule has 1 fully saturated rings. The third-order valence-corrected chi connectivity index (χ3v) is 5.37. The quantitative estimate of drug-likeness (QED) is 0.737. The zero-order chi connectivity index (χ0) is 20.1. The number of nitrogens with one attached hydrogen (secondary N) is 1. The van der Waals surface area contributed by atoms with Gasteiger partial charge in [0.15, 0.2) is 5.12 Å². The molecule has 1 heterocycles. The second-order valence-corrected chi connectivity index (χ2v) is 7.90. The minimum absolute atomic E-state index is 0.0222. The monoisotopic (exact) mass is 393 g/mol. The number of carbonyl (C=O) groups excluding carboxylic acids is 3. The SMILES string of the molecule is CC(=O)S[C@H]1CN[C@H](C(=O)N(C)CC(=O)N(C)c2ccc(C(=O)O)cc2)C1. The van der Waals surface area contributed by atoms with Gasteiger partial charge in [0.05, 0.1) is 18.2 Å². The third-order valence-electron chi connectivity index (χ3n) is 4.35. The second-order valence-electron chi connectivity index (χ2n) is 6.43. The molecule has 1 aliphatic rings. The average Bonchev–Trinajstić information content (AvgIpc) is 3.07. The zero-order valence-electron chi connectivity index (χ0n) is 15.5. The van der Waals surface area contributed by atoms with Gasteiger partial charge in [0, 0.05) is 38.5 Å². The third kappa shape index (κ3) is 5.54. The van der Waals surface area contributed by atoms with Crippen LogP contribution in [0.5, 0.6) is 0 Å². The molecule has 2 N–H and O–H groups in total. The van der Waals surface area contributed by atoms with Gasteiger partial charge in [-0.15, -0.1) is 0 Å². The van der Waals surface area contributed by atoms with E-state index < -0.39 is 12.0 Å². The number of hydrogen-bond donors (Lipinski definition) is 2. The van der Waals surface area contributed by atoms with E-state index in [1.807, 2.05) is 0 Å². The lowest BCUT2D eigenvalue weighted by Crippen LogP contribution is -2.46. The maximum Gasteiger partial charge on any atom is 0.335 e. The molecule has 0 radical (unpaired) electrons. The molecule has 0 unspecified atom stereocenters. The number of aromatic carboxylic acids is 1. The Kier molecular flexibility index (Phi) is 6.98. The molecule has 0 saturated carbocycles. The Labute approximate surface area is 161 Å². The number of rotatable bonds is 6. The molecule has 1 saturated heterocycles. The molecule has 146 valence electrons. The highest BCUT2D eigenvalue weighted by Crippen LogP contribution is 2.22. The van der Waals surface area contributed by atoms with Crippen LogP contribution in [0.1, 0.15) is 23.7 Å². The predicted molar refractivity (Wildman–Crippen MR) is 103 cm³/mol. The van der Waals surface area contributed by atoms with Crippen LogP contribution >= 0.6 is 11.8 Å². The van der Waals surface area contributed by atoms with Crippen molar-refractivity contribution in [1.29, 1.82) is 0 Å². The summed E-state index contributed by atoms with van der Waals surface area (Å²) in [7, 11) is 3.14. The maximum absolute atomic E-state index is 12.5. The average molecular weight is 393 g/mol. The van der Waals surface area contributed by atoms with Crippen molar-refractivity contribution in [3.05, 3.63) is 29.8 Å². The molecule has 27 heavy (non-hydrogen) atoms. The molecule has 0 bridgehead atoms. The van der Waals surface area contributed by atoms with E-state index in [2.05, 4.69) is 5.32 Å². The van der Waals surface area contributed by atoms with Crippen LogP contribution in [0.4, 0.5) is 5.69 Å². The maximum atomic E-state index is 12.5. The Balaban J connectivity index is 1.91. The number of carboxylic acids is 1. The summed E-state index contributed by atoms with van der Waals surface area (Å²) >= 11 is 1.23. The molecular weight excluding hydrogens is 370 g/mol. The molecule has 2 atom stereocenters. The lowest BCUT2D eigenvalue weighted by Gasteiger charge is -2.24. The van der Waals surface area contributed by atoms with E-state index in [4.69, 9.17) is 5.11 Å². The van der Waals surface area contributed by atoms with Gasteiger partial charge in [-0.1, -0.05) is 11.8 Å². The molecule has 1 aromatic rings. The number of likely N-dealkylation sites (N-methyl/N-ethyl adjacent to an activating group) is 2. The minimum atomic E-state index is -1.04. The van der Waals surface area contributed by atoms with Crippen LogP contribution in [-0.2, 0) is 14.4 Å². The number of anilines is 1. The highest BCUT2D eigenvalue weighted by atomic mass is 32.2. The molecule has 1 aliphatic heterocycles. The van der Waals surface area contributed by atoms with Gasteiger partial charge in [0.1, 0.15) is 0 Å². The van der Waals surface area contributed by atoms with E-state index in [-0.39, 0.29) is 34.3 Å². The molecule has 0 aliphatic carbocycles. The summed E-state index contributed by atoms with van der Waals surface area (Å²) in [6.07, 6.45) is 0.550. The van der Waals surface area contributed by atoms with Crippen molar-refractivity contribution in [3.8, 4) is 0 Å². The van der Waals surface area contributed by atoms with E-state index in [0.717, 1.165) is 0 Å². The first-order chi connectivity index (χ1) is 12.7. The summed E-state index contributed by atoms with van der Waals surface area (Å²) in [5.41, 5.74) is 0.681. The number of nitrogens with zero attached hydrogens (tertiary/aromatic N) is 2. The number of thioether (sulfide) groups is 1. The Morgan fingerprint density at radius 1 is 1.19 bits per heavy atom. The summed E-state index contributed by atoms with van der Waals surface area (Å²) in [5.74, 6) is -1.52. The zero-order valence-corrected chi connectivity index (χ0v) is 16.3. The molecular formula is C18H23N3O5S. The van der Waals surface area contributed by atoms with Crippen molar-refractivity contribution in [3.63, 3.8) is 0 Å². The summed E-state index contributed by atoms with van der Waals surface area (Å²) in [6.45, 7) is 1.99. The fraction of sp³-hybridized carbons (Fsp3) is 0.444. The predicted octanol–water partition coefficient (Wildman–Crippen LogP) is 0.816. The first-order valence-electron chi connectivity index (χ1n) is 8.44. The van der Waals surface area contributed by atoms with Crippen LogP contribution in [-0.4, -0.2) is 71.4 Å². The standard InChI is InChI=1S/C18H23N3O5S/c1-11(22)27-14-8-15(19-9-14)17(24)20(2)10-16(23)21(3)13-6-4-12(5-7-13)18(25)26/h4-7,14-15,19H,8-10H2,1-3H3,(H,25,26)/t14-,15+/m1/s1. The number of benzene rings is 1. The van der Waals surface area contributed by atoms with Gasteiger partial charge in [-0.25, -0.2) is 4.79 Å². The number of hydrogen-bond acceptors (Lipinski definition) is 6. The van der Waals surface area contributed by atoms with Crippen molar-refractivity contribution in [1.82, 2.24) is 10.2 Å². The Morgan fingerprint density at radius 2 is 1.81 bits per heavy atom. The normalized spacial score (nSPS) is 18.8. The van der Waals surface area contributed by atoms with Crippen molar-refractivity contribution >= 4 is 40.3 Å². The molecule has 8 nitrogen and oxygen atoms in total. The fourth-order valence-corrected chi connectivity index (χ4v) is 3.78. The van der Waals surface area contributed by atoms with Gasteiger partial charge >= 0.3 is 5.97 Å². The van der Waals surface area contributed by atoms with E-state index in [0.29, 0.717) is 18.7 Å². The summed E-state index contributed by atoms with van der Waals surface area (Å²) in [4.78, 5) is 49.8. The first kappa shape index (κ1) is 20.9. The van der Waals surface area contributed by atoms with Crippen LogP contribution < -0.4 is 10.2 Å². The van der Waals surface area contributed by atoms with E-state index in [9.17, 15) is 19.2 Å². The van der Waals surface area contributed by atoms with Gasteiger partial charge in [-0.3, -0.25) is 14.4 Å². The molecule has 2 amide bonds.